The summed E-state index contributed by atoms with van der Waals surface area (Å²) in [6.45, 7) is 66.6. The minimum absolute atomic E-state index is 0.0665. The summed E-state index contributed by atoms with van der Waals surface area (Å²) in [6.07, 6.45) is 11.6. The Labute approximate surface area is 823 Å². The lowest BCUT2D eigenvalue weighted by atomic mass is 9.71. The Balaban J connectivity index is 0.000000137. The monoisotopic (exact) mass is 1860 g/mol. The lowest BCUT2D eigenvalue weighted by Gasteiger charge is -2.36. The van der Waals surface area contributed by atoms with Crippen LogP contribution in [-0.2, 0) is 48.9 Å². The largest absolute Gasteiger partial charge is 0.464 e. The molecule has 3 N–H and O–H groups in total. The van der Waals surface area contributed by atoms with Gasteiger partial charge in [0.25, 0.3) is 0 Å². The highest BCUT2D eigenvalue weighted by molar-refractivity contribution is 7.19. The molecule has 11 nitrogen and oxygen atoms in total. The Morgan fingerprint density at radius 1 is 0.365 bits per heavy atom. The van der Waals surface area contributed by atoms with E-state index in [9.17, 15) is 0 Å². The summed E-state index contributed by atoms with van der Waals surface area (Å²) in [4.78, 5) is 25.8. The van der Waals surface area contributed by atoms with Crippen LogP contribution >= 0.6 is 22.7 Å². The summed E-state index contributed by atoms with van der Waals surface area (Å²) in [5, 5.41) is 20.0. The van der Waals surface area contributed by atoms with Crippen molar-refractivity contribution in [1.29, 1.82) is 0 Å². The van der Waals surface area contributed by atoms with Crippen LogP contribution in [0.15, 0.2) is 326 Å². The number of ether oxygens (including phenoxy) is 1. The van der Waals surface area contributed by atoms with Crippen LogP contribution in [0.1, 0.15) is 269 Å². The Kier molecular flexibility index (Phi) is 32.1. The van der Waals surface area contributed by atoms with Gasteiger partial charge < -0.3 is 23.7 Å². The maximum Gasteiger partial charge on any atom is 0.134 e. The number of pyridine rings is 2. The van der Waals surface area contributed by atoms with Crippen LogP contribution in [-0.4, -0.2) is 44.7 Å². The minimum atomic E-state index is 0.0665. The molecule has 137 heavy (non-hydrogen) atoms. The second kappa shape index (κ2) is 42.6. The second-order valence-corrected chi connectivity index (χ2v) is 48.0. The topological polar surface area (TPSA) is 139 Å². The maximum atomic E-state index is 6.00. The van der Waals surface area contributed by atoms with Crippen LogP contribution in [0.5, 0.6) is 11.5 Å². The Bertz CT molecular complexity index is 6530. The van der Waals surface area contributed by atoms with E-state index in [1.807, 2.05) is 120 Å². The quantitative estimate of drug-likeness (QED) is 0.137. The molecule has 1 aliphatic heterocycles. The van der Waals surface area contributed by atoms with E-state index in [-0.39, 0.29) is 54.3 Å². The molecule has 0 amide bonds. The normalized spacial score (nSPS) is 12.5. The van der Waals surface area contributed by atoms with E-state index in [1.54, 1.807) is 6.20 Å². The first-order chi connectivity index (χ1) is 64.3. The number of benzene rings is 10. The van der Waals surface area contributed by atoms with E-state index in [1.165, 1.54) is 108 Å². The molecule has 20 aromatic rings. The zero-order valence-electron chi connectivity index (χ0n) is 87.0. The number of aromatic amines is 3. The van der Waals surface area contributed by atoms with Crippen molar-refractivity contribution in [3.63, 3.8) is 0 Å². The number of thiophene rings is 2. The summed E-state index contributed by atoms with van der Waals surface area (Å²) in [5.41, 5.74) is 21.9. The molecule has 1 aliphatic rings. The van der Waals surface area contributed by atoms with Crippen molar-refractivity contribution in [3.05, 3.63) is 377 Å². The Morgan fingerprint density at radius 2 is 0.883 bits per heavy atom. The highest BCUT2D eigenvalue weighted by atomic mass is 32.1. The summed E-state index contributed by atoms with van der Waals surface area (Å²) >= 11 is 3.75. The van der Waals surface area contributed by atoms with Crippen LogP contribution in [0.25, 0.3) is 96.7 Å². The van der Waals surface area contributed by atoms with Crippen molar-refractivity contribution in [2.24, 2.45) is 5.41 Å². The van der Waals surface area contributed by atoms with Gasteiger partial charge in [0, 0.05) is 150 Å². The first-order valence-electron chi connectivity index (χ1n) is 48.2. The lowest BCUT2D eigenvalue weighted by Crippen LogP contribution is -2.23. The number of nitrogens with zero attached hydrogens (tertiary/aromatic N) is 6. The van der Waals surface area contributed by atoms with E-state index >= 15 is 0 Å². The van der Waals surface area contributed by atoms with Gasteiger partial charge in [0.2, 0.25) is 0 Å². The Morgan fingerprint density at radius 3 is 1.47 bits per heavy atom. The van der Waals surface area contributed by atoms with Crippen LogP contribution < -0.4 is 4.74 Å². The third-order valence-corrected chi connectivity index (χ3v) is 26.5. The number of hydrogen-bond acceptors (Lipinski definition) is 9. The summed E-state index contributed by atoms with van der Waals surface area (Å²) in [6, 6.07) is 96.4. The van der Waals surface area contributed by atoms with E-state index in [2.05, 4.69) is 470 Å². The molecule has 0 spiro atoms. The van der Waals surface area contributed by atoms with Crippen LogP contribution in [0, 0.1) is 5.41 Å². The molecule has 0 fully saturated rings. The average Bonchev–Trinajstić information content (AvgIpc) is 1.74. The van der Waals surface area contributed by atoms with Crippen molar-refractivity contribution in [3.8, 4) is 11.5 Å². The molecule has 0 unspecified atom stereocenters. The van der Waals surface area contributed by atoms with Crippen molar-refractivity contribution in [1.82, 2.24) is 44.7 Å². The van der Waals surface area contributed by atoms with E-state index in [0.717, 1.165) is 55.9 Å². The van der Waals surface area contributed by atoms with Gasteiger partial charge in [0.15, 0.2) is 0 Å². The van der Waals surface area contributed by atoms with Gasteiger partial charge in [0.05, 0.1) is 34.0 Å². The minimum Gasteiger partial charge on any atom is -0.464 e. The number of H-pyrrole nitrogens is 3. The molecule has 21 rings (SSSR count). The number of hydrogen-bond donors (Lipinski definition) is 3. The van der Waals surface area contributed by atoms with Crippen LogP contribution in [0.4, 0.5) is 0 Å². The number of fused-ring (bicyclic) bond motifs is 11. The van der Waals surface area contributed by atoms with Crippen LogP contribution in [0.2, 0.25) is 0 Å². The van der Waals surface area contributed by atoms with Gasteiger partial charge in [-0.05, 0) is 189 Å². The number of furan rings is 1. The Hall–Kier alpha value is -12.6. The molecule has 712 valence electrons. The fourth-order valence-corrected chi connectivity index (χ4v) is 18.7. The predicted octanol–water partition coefficient (Wildman–Crippen LogP) is 36.1. The predicted molar refractivity (Wildman–Crippen MR) is 592 cm³/mol. The van der Waals surface area contributed by atoms with Gasteiger partial charge >= 0.3 is 0 Å². The van der Waals surface area contributed by atoms with Crippen LogP contribution in [0.3, 0.4) is 0 Å². The smallest absolute Gasteiger partial charge is 0.134 e. The molecular formula is C124H147N9O2S2. The van der Waals surface area contributed by atoms with Gasteiger partial charge in [-0.3, -0.25) is 20.1 Å². The first kappa shape index (κ1) is 103. The van der Waals surface area contributed by atoms with Crippen molar-refractivity contribution in [2.75, 3.05) is 0 Å². The molecule has 0 radical (unpaired) electrons. The molecule has 11 heterocycles. The molecule has 13 heteroatoms. The van der Waals surface area contributed by atoms with Gasteiger partial charge in [-0.25, -0.2) is 4.98 Å². The van der Waals surface area contributed by atoms with Crippen molar-refractivity contribution < 1.29 is 9.15 Å². The highest BCUT2D eigenvalue weighted by Crippen LogP contribution is 2.52. The van der Waals surface area contributed by atoms with Crippen molar-refractivity contribution >= 4 is 119 Å². The molecule has 0 aliphatic carbocycles. The third kappa shape index (κ3) is 27.1. The SMILES string of the molecule is CC(C)(C)C1c2ccccc2Oc2ccccc21.CC(C)(C)c1[nH]nc2ccccc12.CC(C)(C)c1c[nH]c2ccccc12.CC(C)(C)c1cc2ccccc2[nH]1.CC(C)(C)c1cc2ccccc2s1.CC(C)(C)c1ccc2cnccc2n1.CC(C)(C)c1cnc2ccccc2n1.CC(C)(C)c1coc2ccccc12.CC(C)(C)c1csc2ccccc12.CC(C)(C)n1ccc2ccccc21. The van der Waals surface area contributed by atoms with Crippen molar-refractivity contribution in [2.45, 2.75) is 262 Å². The van der Waals surface area contributed by atoms with E-state index in [4.69, 9.17) is 9.15 Å². The maximum absolute atomic E-state index is 6.00. The number of para-hydroxylation sites is 9. The first-order valence-corrected chi connectivity index (χ1v) is 49.9. The standard InChI is InChI=1S/C17H18O.2C12H14N2.3C12H15N.C12H14O.2C12H14S.C11H14N2/c1-17(2,3)16-12-8-4-6-10-14(12)18-15-11-7-5-9-13(15)16;1-12(2,3)11-5-4-9-8-13-7-6-10(9)14-11;1-12(2,3)11-8-13-9-6-4-5-7-10(9)14-11;1-12(2,3)13-9-8-10-6-4-5-7-11(10)13;1-12(2,3)10-8-13-11-7-5-4-6-9(10)11;1-12(2,3)11-8-9-6-4-5-7-10(9)13-11;2*1-12(2,3)10-8-13-11-7-5-4-6-9(10)11;1-12(2,3)11-8-9-6-4-5-7-10(9)13-11;1-11(2,3)10-8-6-4-5-7-9(8)12-13-10/h4-11,16H,1-3H3;2*4-8H,1-3H3;4-9H,1-3H3;2*4-8,13H,1-3H3;3*4-8H,1-3H3;4-7H,1-3H3,(H,12,13). The molecule has 10 aromatic heterocycles. The zero-order valence-corrected chi connectivity index (χ0v) is 88.6. The van der Waals surface area contributed by atoms with E-state index < -0.39 is 0 Å². The number of rotatable bonds is 0. The second-order valence-electron chi connectivity index (χ2n) is 46.0. The highest BCUT2D eigenvalue weighted by Gasteiger charge is 2.36. The molecule has 0 saturated heterocycles. The number of aromatic nitrogens is 9. The van der Waals surface area contributed by atoms with E-state index in [0.29, 0.717) is 5.92 Å². The fraction of sp³-hybridized carbons (Fsp3) is 0.331. The summed E-state index contributed by atoms with van der Waals surface area (Å²) < 4.78 is 16.6. The fourth-order valence-electron chi connectivity index (χ4n) is 16.4. The third-order valence-electron chi connectivity index (χ3n) is 24.0. The van der Waals surface area contributed by atoms with Gasteiger partial charge in [-0.2, -0.15) is 5.10 Å². The number of nitrogens with one attached hydrogen (secondary N) is 3. The molecule has 0 saturated carbocycles. The summed E-state index contributed by atoms with van der Waals surface area (Å²) in [5.74, 6) is 2.38. The summed E-state index contributed by atoms with van der Waals surface area (Å²) in [7, 11) is 0. The lowest BCUT2D eigenvalue weighted by molar-refractivity contribution is 0.325. The molecule has 0 bridgehead atoms. The van der Waals surface area contributed by atoms with Gasteiger partial charge in [-0.1, -0.05) is 363 Å². The molecule has 0 atom stereocenters. The zero-order chi connectivity index (χ0) is 99.4. The van der Waals surface area contributed by atoms with Gasteiger partial charge in [0.1, 0.15) is 17.1 Å². The average molecular weight is 1860 g/mol. The van der Waals surface area contributed by atoms with Gasteiger partial charge in [-0.15, -0.1) is 22.7 Å². The molecular weight excluding hydrogens is 1710 g/mol. The molecule has 10 aromatic carbocycles.